The third-order valence-corrected chi connectivity index (χ3v) is 7.39. The molecular weight excluding hydrogens is 497 g/mol. The van der Waals surface area contributed by atoms with Gasteiger partial charge in [0.15, 0.2) is 5.78 Å². The molecule has 0 bridgehead atoms. The van der Waals surface area contributed by atoms with Crippen molar-refractivity contribution < 1.29 is 13.2 Å². The summed E-state index contributed by atoms with van der Waals surface area (Å²) < 4.78 is 28.2. The van der Waals surface area contributed by atoms with Gasteiger partial charge in [0, 0.05) is 5.56 Å². The molecule has 0 heterocycles. The van der Waals surface area contributed by atoms with Gasteiger partial charge in [0.2, 0.25) is 10.0 Å². The van der Waals surface area contributed by atoms with Gasteiger partial charge >= 0.3 is 0 Å². The van der Waals surface area contributed by atoms with Crippen molar-refractivity contribution in [2.24, 2.45) is 0 Å². The Bertz CT molecular complexity index is 1080. The Kier molecular flexibility index (Phi) is 6.87. The molecule has 3 aromatic rings. The first-order valence-corrected chi connectivity index (χ1v) is 11.9. The molecule has 0 radical (unpaired) electrons. The molecule has 0 unspecified atom stereocenters. The van der Waals surface area contributed by atoms with Crippen molar-refractivity contribution in [2.75, 3.05) is 0 Å². The molecular formula is C23H22INO3S. The highest BCUT2D eigenvalue weighted by Crippen LogP contribution is 2.28. The molecule has 29 heavy (non-hydrogen) atoms. The van der Waals surface area contributed by atoms with Crippen molar-refractivity contribution in [3.8, 4) is 0 Å². The normalized spacial score (nSPS) is 13.6. The number of Topliss-reactive ketones (excluding diaryl/α,β-unsaturated/α-hetero) is 1. The van der Waals surface area contributed by atoms with Gasteiger partial charge in [0.05, 0.1) is 14.9 Å². The van der Waals surface area contributed by atoms with Crippen LogP contribution < -0.4 is 4.72 Å². The molecule has 0 saturated carbocycles. The summed E-state index contributed by atoms with van der Waals surface area (Å²) in [6.07, 6.45) is 0. The Balaban J connectivity index is 1.98. The first-order valence-electron chi connectivity index (χ1n) is 9.17. The second kappa shape index (κ2) is 9.19. The summed E-state index contributed by atoms with van der Waals surface area (Å²) in [5.74, 6) is -0.122. The number of alkyl halides is 1. The molecule has 150 valence electrons. The fraction of sp³-hybridized carbons (Fsp3) is 0.174. The van der Waals surface area contributed by atoms with Crippen LogP contribution in [0.4, 0.5) is 0 Å². The van der Waals surface area contributed by atoms with Gasteiger partial charge in [-0.25, -0.2) is 13.1 Å². The van der Waals surface area contributed by atoms with Crippen molar-refractivity contribution in [3.05, 3.63) is 101 Å². The molecule has 0 aliphatic heterocycles. The third kappa shape index (κ3) is 5.32. The first-order chi connectivity index (χ1) is 13.8. The number of hydrogen-bond acceptors (Lipinski definition) is 3. The number of hydrogen-bond donors (Lipinski definition) is 1. The lowest BCUT2D eigenvalue weighted by Crippen LogP contribution is -2.37. The molecule has 0 aromatic heterocycles. The highest BCUT2D eigenvalue weighted by Gasteiger charge is 2.32. The largest absolute Gasteiger partial charge is 0.293 e. The molecule has 0 saturated heterocycles. The predicted molar refractivity (Wildman–Crippen MR) is 124 cm³/mol. The summed E-state index contributed by atoms with van der Waals surface area (Å²) in [6.45, 7) is 3.87. The minimum atomic E-state index is -3.80. The van der Waals surface area contributed by atoms with Crippen LogP contribution in [-0.2, 0) is 10.0 Å². The molecule has 3 rings (SSSR count). The van der Waals surface area contributed by atoms with Crippen LogP contribution in [0.3, 0.4) is 0 Å². The van der Waals surface area contributed by atoms with Crippen molar-refractivity contribution >= 4 is 38.4 Å². The minimum absolute atomic E-state index is 0.122. The lowest BCUT2D eigenvalue weighted by Gasteiger charge is -2.24. The number of halogens is 1. The van der Waals surface area contributed by atoms with Gasteiger partial charge in [0.1, 0.15) is 0 Å². The highest BCUT2D eigenvalue weighted by atomic mass is 127. The van der Waals surface area contributed by atoms with E-state index >= 15 is 0 Å². The summed E-state index contributed by atoms with van der Waals surface area (Å²) in [5.41, 5.74) is 3.34. The zero-order chi connectivity index (χ0) is 21.0. The van der Waals surface area contributed by atoms with Gasteiger partial charge in [-0.2, -0.15) is 0 Å². The average molecular weight is 519 g/mol. The lowest BCUT2D eigenvalue weighted by atomic mass is 9.98. The summed E-state index contributed by atoms with van der Waals surface area (Å²) in [6, 6.07) is 22.5. The summed E-state index contributed by atoms with van der Waals surface area (Å²) >= 11 is 2.03. The predicted octanol–water partition coefficient (Wildman–Crippen LogP) is 5.01. The van der Waals surface area contributed by atoms with E-state index in [1.165, 1.54) is 0 Å². The van der Waals surface area contributed by atoms with Gasteiger partial charge in [-0.05, 0) is 31.5 Å². The molecule has 4 nitrogen and oxygen atoms in total. The molecule has 0 spiro atoms. The number of sulfonamides is 1. The molecule has 1 N–H and O–H groups in total. The summed E-state index contributed by atoms with van der Waals surface area (Å²) in [5, 5.41) is 0. The van der Waals surface area contributed by atoms with E-state index in [1.807, 2.05) is 66.8 Å². The zero-order valence-electron chi connectivity index (χ0n) is 16.2. The Morgan fingerprint density at radius 1 is 0.828 bits per heavy atom. The van der Waals surface area contributed by atoms with Gasteiger partial charge in [0.25, 0.3) is 0 Å². The molecule has 0 aliphatic rings. The average Bonchev–Trinajstić information content (AvgIpc) is 2.73. The lowest BCUT2D eigenvalue weighted by molar-refractivity contribution is 0.0985. The molecule has 2 atom stereocenters. The Morgan fingerprint density at radius 2 is 1.34 bits per heavy atom. The minimum Gasteiger partial charge on any atom is -0.293 e. The number of rotatable bonds is 7. The monoisotopic (exact) mass is 519 g/mol. The zero-order valence-corrected chi connectivity index (χ0v) is 19.1. The second-order valence-electron chi connectivity index (χ2n) is 6.95. The Hall–Kier alpha value is -2.03. The van der Waals surface area contributed by atoms with Crippen LogP contribution in [0.1, 0.15) is 33.1 Å². The Labute approximate surface area is 185 Å². The maximum atomic E-state index is 13.1. The van der Waals surface area contributed by atoms with Crippen molar-refractivity contribution in [3.63, 3.8) is 0 Å². The van der Waals surface area contributed by atoms with Crippen LogP contribution in [-0.4, -0.2) is 18.1 Å². The van der Waals surface area contributed by atoms with Crippen LogP contribution >= 0.6 is 22.6 Å². The topological polar surface area (TPSA) is 63.2 Å². The van der Waals surface area contributed by atoms with Crippen molar-refractivity contribution in [1.82, 2.24) is 4.72 Å². The van der Waals surface area contributed by atoms with Gasteiger partial charge in [-0.15, -0.1) is 0 Å². The van der Waals surface area contributed by atoms with Crippen LogP contribution in [0.5, 0.6) is 0 Å². The van der Waals surface area contributed by atoms with E-state index in [-0.39, 0.29) is 10.7 Å². The fourth-order valence-corrected chi connectivity index (χ4v) is 5.37. The van der Waals surface area contributed by atoms with Crippen LogP contribution in [0.25, 0.3) is 0 Å². The molecule has 0 aliphatic carbocycles. The van der Waals surface area contributed by atoms with E-state index in [0.29, 0.717) is 5.56 Å². The van der Waals surface area contributed by atoms with E-state index in [0.717, 1.165) is 16.7 Å². The summed E-state index contributed by atoms with van der Waals surface area (Å²) in [7, 11) is -3.80. The number of nitrogens with one attached hydrogen (secondary N) is 1. The van der Waals surface area contributed by atoms with E-state index in [4.69, 9.17) is 0 Å². The van der Waals surface area contributed by atoms with E-state index in [1.54, 1.807) is 48.5 Å². The SMILES string of the molecule is Cc1ccc([C@@H](NS(=O)(=O)c2ccc(C)cc2)[C@@H](I)C(=O)c2ccccc2)cc1. The van der Waals surface area contributed by atoms with E-state index in [2.05, 4.69) is 4.72 Å². The molecule has 0 fully saturated rings. The van der Waals surface area contributed by atoms with Crippen LogP contribution in [0.15, 0.2) is 83.8 Å². The number of ketones is 1. The van der Waals surface area contributed by atoms with E-state index in [9.17, 15) is 13.2 Å². The Morgan fingerprint density at radius 3 is 1.90 bits per heavy atom. The van der Waals surface area contributed by atoms with Crippen LogP contribution in [0.2, 0.25) is 0 Å². The number of carbonyl (C=O) groups excluding carboxylic acids is 1. The summed E-state index contributed by atoms with van der Waals surface area (Å²) in [4.78, 5) is 13.2. The highest BCUT2D eigenvalue weighted by molar-refractivity contribution is 14.1. The van der Waals surface area contributed by atoms with Gasteiger partial charge in [-0.3, -0.25) is 4.79 Å². The first kappa shape index (κ1) is 21.7. The van der Waals surface area contributed by atoms with E-state index < -0.39 is 20.0 Å². The standard InChI is InChI=1S/C23H22INO3S/c1-16-8-12-18(13-9-16)22(21(24)23(26)19-6-4-3-5-7-19)25-29(27,28)20-14-10-17(2)11-15-20/h3-15,21-22,25H,1-2H3/t21-,22-/m1/s1. The quantitative estimate of drug-likeness (QED) is 0.271. The third-order valence-electron chi connectivity index (χ3n) is 4.65. The second-order valence-corrected chi connectivity index (χ2v) is 10.0. The smallest absolute Gasteiger partial charge is 0.241 e. The number of benzene rings is 3. The van der Waals surface area contributed by atoms with Crippen molar-refractivity contribution in [1.29, 1.82) is 0 Å². The van der Waals surface area contributed by atoms with Gasteiger partial charge < -0.3 is 0 Å². The fourth-order valence-electron chi connectivity index (χ4n) is 2.94. The molecule has 3 aromatic carbocycles. The molecule has 0 amide bonds. The maximum absolute atomic E-state index is 13.1. The number of aryl methyl sites for hydroxylation is 2. The van der Waals surface area contributed by atoms with Crippen LogP contribution in [0, 0.1) is 13.8 Å². The van der Waals surface area contributed by atoms with Crippen molar-refractivity contribution in [2.45, 2.75) is 28.7 Å². The van der Waals surface area contributed by atoms with Gasteiger partial charge in [-0.1, -0.05) is 100 Å². The number of carbonyl (C=O) groups is 1. The molecule has 6 heteroatoms. The maximum Gasteiger partial charge on any atom is 0.241 e.